The predicted molar refractivity (Wildman–Crippen MR) is 147 cm³/mol. The largest absolute Gasteiger partial charge is 0.401 e. The Balaban J connectivity index is 1.38. The van der Waals surface area contributed by atoms with Crippen LogP contribution in [0.4, 0.5) is 29.1 Å². The molecule has 2 aliphatic rings. The zero-order chi connectivity index (χ0) is 27.2. The number of carbonyl (C=O) groups is 1. The maximum absolute atomic E-state index is 15.1. The second-order valence-corrected chi connectivity index (χ2v) is 10.9. The number of nitrogens with zero attached hydrogens (tertiary/aromatic N) is 3. The van der Waals surface area contributed by atoms with Gasteiger partial charge in [-0.3, -0.25) is 9.69 Å². The van der Waals surface area contributed by atoms with E-state index >= 15 is 4.39 Å². The van der Waals surface area contributed by atoms with E-state index in [0.29, 0.717) is 42.7 Å². The maximum Gasteiger partial charge on any atom is 0.401 e. The molecule has 3 aromatic rings. The number of anilines is 2. The van der Waals surface area contributed by atoms with Crippen LogP contribution >= 0.6 is 22.9 Å². The molecule has 6 nitrogen and oxygen atoms in total. The summed E-state index contributed by atoms with van der Waals surface area (Å²) in [4.78, 5) is 17.8. The Hall–Kier alpha value is -2.93. The first-order chi connectivity index (χ1) is 18.0. The van der Waals surface area contributed by atoms with Gasteiger partial charge in [-0.15, -0.1) is 0 Å². The van der Waals surface area contributed by atoms with Crippen molar-refractivity contribution >= 4 is 40.3 Å². The molecule has 38 heavy (non-hydrogen) atoms. The summed E-state index contributed by atoms with van der Waals surface area (Å²) in [5.74, 6) is -0.578. The van der Waals surface area contributed by atoms with Crippen LogP contribution in [0.1, 0.15) is 22.8 Å². The van der Waals surface area contributed by atoms with Gasteiger partial charge in [0.15, 0.2) is 0 Å². The van der Waals surface area contributed by atoms with Gasteiger partial charge in [-0.25, -0.2) is 9.37 Å². The van der Waals surface area contributed by atoms with Crippen LogP contribution in [0.3, 0.4) is 0 Å². The molecule has 1 amide bonds. The number of carbonyl (C=O) groups excluding carboxylic acids is 1. The van der Waals surface area contributed by atoms with Gasteiger partial charge in [-0.2, -0.15) is 13.2 Å². The standard InChI is InChI=1S/C27H26F4IN5O/c1-15-12-36(14-27(29,30)31)13-24(15)37(32)19-4-2-16(3-5-19)18-9-22(25(33)35-11-18)21-8-17-6-7-34-26(38)20(17)10-23(21)28/h2-5,8-11,15,24H,6-7,12-14H2,1H3,(H2,33,35)(H,34,38)/t15-,24+/m0/s1. The molecule has 200 valence electrons. The number of aromatic nitrogens is 1. The highest BCUT2D eigenvalue weighted by atomic mass is 127. The number of fused-ring (bicyclic) bond motifs is 1. The molecule has 5 rings (SSSR count). The summed E-state index contributed by atoms with van der Waals surface area (Å²) >= 11 is 2.16. The van der Waals surface area contributed by atoms with E-state index in [1.165, 1.54) is 11.0 Å². The number of rotatable bonds is 5. The second-order valence-electron chi connectivity index (χ2n) is 9.86. The quantitative estimate of drug-likeness (QED) is 0.221. The normalized spacial score (nSPS) is 19.8. The molecular weight excluding hydrogens is 613 g/mol. The van der Waals surface area contributed by atoms with Crippen LogP contribution < -0.4 is 14.2 Å². The summed E-state index contributed by atoms with van der Waals surface area (Å²) < 4.78 is 55.6. The van der Waals surface area contributed by atoms with Crippen LogP contribution in [-0.2, 0) is 6.42 Å². The number of benzene rings is 2. The van der Waals surface area contributed by atoms with Gasteiger partial charge in [0.2, 0.25) is 0 Å². The monoisotopic (exact) mass is 639 g/mol. The van der Waals surface area contributed by atoms with Crippen LogP contribution in [-0.4, -0.2) is 54.2 Å². The van der Waals surface area contributed by atoms with Gasteiger partial charge in [0.25, 0.3) is 5.91 Å². The highest BCUT2D eigenvalue weighted by Crippen LogP contribution is 2.36. The summed E-state index contributed by atoms with van der Waals surface area (Å²) in [6, 6.07) is 12.3. The van der Waals surface area contributed by atoms with E-state index in [4.69, 9.17) is 5.73 Å². The van der Waals surface area contributed by atoms with Gasteiger partial charge < -0.3 is 14.2 Å². The first-order valence-corrected chi connectivity index (χ1v) is 13.2. The molecule has 3 heterocycles. The number of alkyl halides is 3. The molecule has 1 fully saturated rings. The Morgan fingerprint density at radius 1 is 1.11 bits per heavy atom. The van der Waals surface area contributed by atoms with Crippen LogP contribution in [0.5, 0.6) is 0 Å². The molecule has 2 aromatic carbocycles. The van der Waals surface area contributed by atoms with Crippen molar-refractivity contribution in [3.05, 3.63) is 65.6 Å². The number of nitrogens with one attached hydrogen (secondary N) is 1. The van der Waals surface area contributed by atoms with Gasteiger partial charge in [-0.05, 0) is 53.8 Å². The molecule has 0 saturated carbocycles. The molecule has 2 atom stereocenters. The fourth-order valence-corrected chi connectivity index (χ4v) is 6.26. The topological polar surface area (TPSA) is 74.5 Å². The minimum Gasteiger partial charge on any atom is -0.383 e. The zero-order valence-corrected chi connectivity index (χ0v) is 22.7. The van der Waals surface area contributed by atoms with Gasteiger partial charge >= 0.3 is 6.18 Å². The first kappa shape index (κ1) is 26.7. The zero-order valence-electron chi connectivity index (χ0n) is 20.5. The van der Waals surface area contributed by atoms with Crippen molar-refractivity contribution in [3.8, 4) is 22.3 Å². The van der Waals surface area contributed by atoms with Crippen molar-refractivity contribution in [1.29, 1.82) is 0 Å². The molecule has 0 radical (unpaired) electrons. The minimum atomic E-state index is -4.21. The van der Waals surface area contributed by atoms with E-state index in [9.17, 15) is 18.0 Å². The number of hydrogen-bond acceptors (Lipinski definition) is 5. The Kier molecular flexibility index (Phi) is 7.25. The van der Waals surface area contributed by atoms with Crippen molar-refractivity contribution in [2.45, 2.75) is 25.6 Å². The summed E-state index contributed by atoms with van der Waals surface area (Å²) in [5.41, 5.74) is 10.4. The minimum absolute atomic E-state index is 0.0531. The van der Waals surface area contributed by atoms with Crippen molar-refractivity contribution < 1.29 is 22.4 Å². The smallest absolute Gasteiger partial charge is 0.383 e. The number of halogens is 5. The van der Waals surface area contributed by atoms with Crippen molar-refractivity contribution in [3.63, 3.8) is 0 Å². The molecule has 0 unspecified atom stereocenters. The number of likely N-dealkylation sites (tertiary alicyclic amines) is 1. The van der Waals surface area contributed by atoms with Crippen LogP contribution in [0.25, 0.3) is 22.3 Å². The molecule has 2 aliphatic heterocycles. The Morgan fingerprint density at radius 3 is 2.55 bits per heavy atom. The van der Waals surface area contributed by atoms with Crippen LogP contribution in [0, 0.1) is 11.7 Å². The number of pyridine rings is 1. The molecule has 0 spiro atoms. The highest BCUT2D eigenvalue weighted by molar-refractivity contribution is 14.1. The highest BCUT2D eigenvalue weighted by Gasteiger charge is 2.39. The molecule has 0 aliphatic carbocycles. The van der Waals surface area contributed by atoms with E-state index in [1.807, 2.05) is 34.3 Å². The average Bonchev–Trinajstić information content (AvgIpc) is 3.22. The summed E-state index contributed by atoms with van der Waals surface area (Å²) in [6.45, 7) is 2.29. The Bertz CT molecular complexity index is 1360. The third-order valence-corrected chi connectivity index (χ3v) is 8.39. The maximum atomic E-state index is 15.1. The number of nitrogen functional groups attached to an aromatic ring is 1. The van der Waals surface area contributed by atoms with E-state index < -0.39 is 18.5 Å². The van der Waals surface area contributed by atoms with Gasteiger partial charge in [-0.1, -0.05) is 19.1 Å². The van der Waals surface area contributed by atoms with Crippen molar-refractivity contribution in [1.82, 2.24) is 15.2 Å². The van der Waals surface area contributed by atoms with E-state index in [0.717, 1.165) is 22.4 Å². The fraction of sp³-hybridized carbons (Fsp3) is 0.333. The number of amides is 1. The molecule has 11 heteroatoms. The lowest BCUT2D eigenvalue weighted by molar-refractivity contribution is -0.143. The average molecular weight is 639 g/mol. The first-order valence-electron chi connectivity index (χ1n) is 12.2. The van der Waals surface area contributed by atoms with Crippen molar-refractivity contribution in [2.24, 2.45) is 5.92 Å². The lowest BCUT2D eigenvalue weighted by Gasteiger charge is -2.27. The van der Waals surface area contributed by atoms with Crippen LogP contribution in [0.2, 0.25) is 0 Å². The molecule has 0 bridgehead atoms. The van der Waals surface area contributed by atoms with E-state index in [1.54, 1.807) is 18.3 Å². The van der Waals surface area contributed by atoms with Gasteiger partial charge in [0.05, 0.1) is 35.5 Å². The molecular formula is C27H26F4IN5O. The van der Waals surface area contributed by atoms with Crippen molar-refractivity contribution in [2.75, 3.05) is 35.0 Å². The molecule has 3 N–H and O–H groups in total. The summed E-state index contributed by atoms with van der Waals surface area (Å²) in [5, 5.41) is 2.72. The summed E-state index contributed by atoms with van der Waals surface area (Å²) in [7, 11) is 0. The summed E-state index contributed by atoms with van der Waals surface area (Å²) in [6.07, 6.45) is -1.99. The lowest BCUT2D eigenvalue weighted by atomic mass is 9.93. The molecule has 1 saturated heterocycles. The second kappa shape index (κ2) is 10.3. The molecule has 1 aromatic heterocycles. The fourth-order valence-electron chi connectivity index (χ4n) is 5.21. The van der Waals surface area contributed by atoms with Crippen LogP contribution in [0.15, 0.2) is 48.7 Å². The number of nitrogens with two attached hydrogens (primary N) is 1. The Morgan fingerprint density at radius 2 is 1.84 bits per heavy atom. The number of hydrogen-bond donors (Lipinski definition) is 2. The van der Waals surface area contributed by atoms with Gasteiger partial charge in [0, 0.05) is 53.8 Å². The Labute approximate surface area is 231 Å². The van der Waals surface area contributed by atoms with E-state index in [2.05, 4.69) is 33.2 Å². The van der Waals surface area contributed by atoms with E-state index in [-0.39, 0.29) is 23.7 Å². The predicted octanol–water partition coefficient (Wildman–Crippen LogP) is 5.46. The van der Waals surface area contributed by atoms with Gasteiger partial charge in [0.1, 0.15) is 11.6 Å². The lowest BCUT2D eigenvalue weighted by Crippen LogP contribution is -2.36. The third kappa shape index (κ3) is 5.44. The SMILES string of the molecule is C[C@H]1CN(CC(F)(F)F)C[C@H]1N(I)c1ccc(-c2cnc(N)c(-c3cc4c(cc3F)C(=O)NCC4)c2)cc1. The third-order valence-electron chi connectivity index (χ3n) is 7.12.